The van der Waals surface area contributed by atoms with Crippen molar-refractivity contribution in [3.8, 4) is 5.75 Å². The summed E-state index contributed by atoms with van der Waals surface area (Å²) in [5.41, 5.74) is 6.71. The average Bonchev–Trinajstić information content (AvgIpc) is 2.60. The highest BCUT2D eigenvalue weighted by atomic mass is 16.6. The molecule has 1 unspecified atom stereocenters. The van der Waals surface area contributed by atoms with E-state index in [1.807, 2.05) is 30.3 Å². The Hall–Kier alpha value is -2.93. The summed E-state index contributed by atoms with van der Waals surface area (Å²) in [6.45, 7) is 3.46. The maximum Gasteiger partial charge on any atom is 0.310 e. The fraction of sp³-hybridized carbons (Fsp3) is 0.350. The van der Waals surface area contributed by atoms with Crippen molar-refractivity contribution in [2.45, 2.75) is 39.3 Å². The first-order chi connectivity index (χ1) is 12.7. The largest absolute Gasteiger partial charge is 0.482 e. The van der Waals surface area contributed by atoms with Crippen molar-refractivity contribution in [1.82, 2.24) is 0 Å². The molecule has 0 aliphatic heterocycles. The molecule has 27 heavy (non-hydrogen) atoms. The first-order valence-electron chi connectivity index (χ1n) is 8.62. The Morgan fingerprint density at radius 1 is 1.22 bits per heavy atom. The van der Waals surface area contributed by atoms with E-state index in [1.54, 1.807) is 26.0 Å². The second-order valence-corrected chi connectivity index (χ2v) is 7.19. The second-order valence-electron chi connectivity index (χ2n) is 7.19. The van der Waals surface area contributed by atoms with Crippen LogP contribution >= 0.6 is 0 Å². The summed E-state index contributed by atoms with van der Waals surface area (Å²) < 4.78 is 5.67. The van der Waals surface area contributed by atoms with Gasteiger partial charge in [0.05, 0.1) is 10.3 Å². The molecular formula is C20H24N2O5. The van der Waals surface area contributed by atoms with Crippen molar-refractivity contribution in [2.75, 3.05) is 0 Å². The number of hydrogen-bond donors (Lipinski definition) is 2. The number of carboxylic acids is 1. The van der Waals surface area contributed by atoms with E-state index in [4.69, 9.17) is 10.5 Å². The van der Waals surface area contributed by atoms with Crippen LogP contribution in [0.5, 0.6) is 5.75 Å². The molecule has 0 fully saturated rings. The maximum absolute atomic E-state index is 11.3. The number of aliphatic carboxylic acids is 1. The molecule has 0 aliphatic rings. The molecular weight excluding hydrogens is 348 g/mol. The molecule has 0 saturated carbocycles. The first kappa shape index (κ1) is 20.4. The molecule has 2 rings (SSSR count). The van der Waals surface area contributed by atoms with Gasteiger partial charge in [0.25, 0.3) is 0 Å². The van der Waals surface area contributed by atoms with Crippen LogP contribution in [0, 0.1) is 15.5 Å². The minimum Gasteiger partial charge on any atom is -0.482 e. The van der Waals surface area contributed by atoms with Gasteiger partial charge in [-0.2, -0.15) is 0 Å². The van der Waals surface area contributed by atoms with Crippen LogP contribution in [0.1, 0.15) is 31.4 Å². The molecule has 3 N–H and O–H groups in total. The topological polar surface area (TPSA) is 116 Å². The Labute approximate surface area is 157 Å². The predicted molar refractivity (Wildman–Crippen MR) is 102 cm³/mol. The Morgan fingerprint density at radius 3 is 2.48 bits per heavy atom. The molecule has 0 heterocycles. The van der Waals surface area contributed by atoms with E-state index >= 15 is 0 Å². The summed E-state index contributed by atoms with van der Waals surface area (Å²) in [5, 5.41) is 20.5. The smallest absolute Gasteiger partial charge is 0.310 e. The highest BCUT2D eigenvalue weighted by molar-refractivity contribution is 5.73. The number of nitrogens with zero attached hydrogens (tertiary/aromatic N) is 1. The summed E-state index contributed by atoms with van der Waals surface area (Å²) in [6.07, 6.45) is 0.690. The fourth-order valence-electron chi connectivity index (χ4n) is 2.80. The Balaban J connectivity index is 2.14. The molecule has 0 bridgehead atoms. The number of carbonyl (C=O) groups is 1. The Kier molecular flexibility index (Phi) is 6.52. The van der Waals surface area contributed by atoms with Gasteiger partial charge in [-0.15, -0.1) is 0 Å². The van der Waals surface area contributed by atoms with Gasteiger partial charge < -0.3 is 15.6 Å². The van der Waals surface area contributed by atoms with Crippen molar-refractivity contribution in [3.05, 3.63) is 69.8 Å². The third-order valence-corrected chi connectivity index (χ3v) is 4.31. The van der Waals surface area contributed by atoms with E-state index in [-0.39, 0.29) is 24.1 Å². The predicted octanol–water partition coefficient (Wildman–Crippen LogP) is 3.54. The van der Waals surface area contributed by atoms with Crippen molar-refractivity contribution in [1.29, 1.82) is 0 Å². The monoisotopic (exact) mass is 372 g/mol. The van der Waals surface area contributed by atoms with Crippen LogP contribution in [0.4, 0.5) is 5.69 Å². The van der Waals surface area contributed by atoms with Gasteiger partial charge in [-0.3, -0.25) is 14.9 Å². The maximum atomic E-state index is 11.3. The van der Waals surface area contributed by atoms with Gasteiger partial charge in [-0.1, -0.05) is 36.4 Å². The van der Waals surface area contributed by atoms with E-state index in [2.05, 4.69) is 0 Å². The molecule has 0 aromatic heterocycles. The van der Waals surface area contributed by atoms with E-state index in [1.165, 1.54) is 6.07 Å². The lowest BCUT2D eigenvalue weighted by molar-refractivity contribution is -0.386. The van der Waals surface area contributed by atoms with Crippen molar-refractivity contribution in [3.63, 3.8) is 0 Å². The lowest BCUT2D eigenvalue weighted by Gasteiger charge is -2.23. The summed E-state index contributed by atoms with van der Waals surface area (Å²) in [5.74, 6) is -0.736. The summed E-state index contributed by atoms with van der Waals surface area (Å²) in [6, 6.07) is 13.6. The Bertz CT molecular complexity index is 805. The molecule has 0 spiro atoms. The molecule has 0 radical (unpaired) electrons. The second kappa shape index (κ2) is 8.64. The molecule has 2 aromatic rings. The number of benzene rings is 2. The third kappa shape index (κ3) is 5.79. The number of ether oxygens (including phenoxy) is 1. The highest BCUT2D eigenvalue weighted by Crippen LogP contribution is 2.30. The van der Waals surface area contributed by atoms with Gasteiger partial charge >= 0.3 is 11.7 Å². The third-order valence-electron chi connectivity index (χ3n) is 4.31. The number of nitro groups is 1. The summed E-state index contributed by atoms with van der Waals surface area (Å²) in [4.78, 5) is 22.0. The number of rotatable bonds is 9. The van der Waals surface area contributed by atoms with E-state index < -0.39 is 16.3 Å². The zero-order valence-corrected chi connectivity index (χ0v) is 15.4. The van der Waals surface area contributed by atoms with Crippen molar-refractivity contribution >= 4 is 11.7 Å². The highest BCUT2D eigenvalue weighted by Gasteiger charge is 2.29. The first-order valence-corrected chi connectivity index (χ1v) is 8.62. The van der Waals surface area contributed by atoms with E-state index in [0.29, 0.717) is 12.8 Å². The molecule has 144 valence electrons. The number of nitro benzene ring substituents is 1. The minimum atomic E-state index is -0.938. The van der Waals surface area contributed by atoms with Gasteiger partial charge in [0.1, 0.15) is 6.61 Å². The Morgan fingerprint density at radius 2 is 1.89 bits per heavy atom. The fourth-order valence-corrected chi connectivity index (χ4v) is 2.80. The van der Waals surface area contributed by atoms with Crippen molar-refractivity contribution in [2.24, 2.45) is 11.1 Å². The van der Waals surface area contributed by atoms with Crippen LogP contribution in [0.15, 0.2) is 48.5 Å². The number of carboxylic acid groups (broad SMARTS) is 1. The van der Waals surface area contributed by atoms with Crippen LogP contribution in [-0.2, 0) is 17.8 Å². The molecule has 7 nitrogen and oxygen atoms in total. The quantitative estimate of drug-likeness (QED) is 0.514. The van der Waals surface area contributed by atoms with Gasteiger partial charge in [0.2, 0.25) is 0 Å². The zero-order valence-electron chi connectivity index (χ0n) is 15.4. The molecule has 0 aliphatic carbocycles. The minimum absolute atomic E-state index is 0.117. The van der Waals surface area contributed by atoms with Gasteiger partial charge in [-0.25, -0.2) is 0 Å². The SMILES string of the molecule is CC(C)(CC(N)Cc1ccc([N+](=O)[O-])c(OCc2ccccc2)c1)C(=O)O. The summed E-state index contributed by atoms with van der Waals surface area (Å²) >= 11 is 0. The van der Waals surface area contributed by atoms with Crippen molar-refractivity contribution < 1.29 is 19.6 Å². The van der Waals surface area contributed by atoms with Crippen LogP contribution in [0.25, 0.3) is 0 Å². The molecule has 0 amide bonds. The van der Waals surface area contributed by atoms with Gasteiger partial charge in [0.15, 0.2) is 5.75 Å². The lowest BCUT2D eigenvalue weighted by atomic mass is 9.84. The molecule has 1 atom stereocenters. The van der Waals surface area contributed by atoms with Gasteiger partial charge in [0, 0.05) is 12.1 Å². The number of hydrogen-bond acceptors (Lipinski definition) is 5. The molecule has 2 aromatic carbocycles. The molecule has 0 saturated heterocycles. The van der Waals surface area contributed by atoms with Gasteiger partial charge in [-0.05, 0) is 43.9 Å². The van der Waals surface area contributed by atoms with Crippen LogP contribution in [-0.4, -0.2) is 22.0 Å². The van der Waals surface area contributed by atoms with Crippen LogP contribution < -0.4 is 10.5 Å². The average molecular weight is 372 g/mol. The standard InChI is InChI=1S/C20H24N2O5/c1-20(2,19(23)24)12-16(21)10-15-8-9-17(22(25)26)18(11-15)27-13-14-6-4-3-5-7-14/h3-9,11,16H,10,12-13,21H2,1-2H3,(H,23,24). The summed E-state index contributed by atoms with van der Waals surface area (Å²) in [7, 11) is 0. The van der Waals surface area contributed by atoms with E-state index in [9.17, 15) is 20.0 Å². The van der Waals surface area contributed by atoms with Crippen LogP contribution in [0.3, 0.4) is 0 Å². The lowest BCUT2D eigenvalue weighted by Crippen LogP contribution is -2.34. The zero-order chi connectivity index (χ0) is 20.0. The van der Waals surface area contributed by atoms with E-state index in [0.717, 1.165) is 11.1 Å². The van der Waals surface area contributed by atoms with Crippen LogP contribution in [0.2, 0.25) is 0 Å². The molecule has 7 heteroatoms. The number of nitrogens with two attached hydrogens (primary N) is 1. The normalized spacial score (nSPS) is 12.4.